The van der Waals surface area contributed by atoms with E-state index in [1.54, 1.807) is 0 Å². The average Bonchev–Trinajstić information content (AvgIpc) is 2.81. The van der Waals surface area contributed by atoms with E-state index < -0.39 is 0 Å². The Balaban J connectivity index is 1.72. The maximum absolute atomic E-state index is 5.64. The molecule has 1 atom stereocenters. The molecular weight excluding hydrogens is 260 g/mol. The molecular formula is C13H16N4OS. The number of hydrogen-bond acceptors (Lipinski definition) is 4. The van der Waals surface area contributed by atoms with Crippen LogP contribution in [0.25, 0.3) is 5.65 Å². The summed E-state index contributed by atoms with van der Waals surface area (Å²) in [6.07, 6.45) is 3.92. The van der Waals surface area contributed by atoms with Gasteiger partial charge in [0.05, 0.1) is 12.3 Å². The lowest BCUT2D eigenvalue weighted by molar-refractivity contribution is 0.00351. The third-order valence-corrected chi connectivity index (χ3v) is 3.53. The number of imidazole rings is 1. The normalized spacial score (nSPS) is 20.7. The second-order valence-corrected chi connectivity index (χ2v) is 5.17. The fraction of sp³-hybridized carbons (Fsp3) is 0.385. The largest absolute Gasteiger partial charge is 0.391 e. The summed E-state index contributed by atoms with van der Waals surface area (Å²) in [5.74, 6) is 0. The van der Waals surface area contributed by atoms with Crippen LogP contribution < -0.4 is 5.73 Å². The molecule has 1 unspecified atom stereocenters. The quantitative estimate of drug-likeness (QED) is 0.841. The van der Waals surface area contributed by atoms with E-state index >= 15 is 0 Å². The Labute approximate surface area is 117 Å². The third-order valence-electron chi connectivity index (χ3n) is 3.27. The van der Waals surface area contributed by atoms with E-state index in [1.165, 1.54) is 0 Å². The van der Waals surface area contributed by atoms with Crippen LogP contribution in [0.15, 0.2) is 30.6 Å². The van der Waals surface area contributed by atoms with Gasteiger partial charge >= 0.3 is 0 Å². The van der Waals surface area contributed by atoms with Gasteiger partial charge in [-0.1, -0.05) is 18.3 Å². The second kappa shape index (κ2) is 5.24. The predicted octanol–water partition coefficient (Wildman–Crippen LogP) is 0.821. The smallest absolute Gasteiger partial charge is 0.137 e. The Morgan fingerprint density at radius 2 is 2.42 bits per heavy atom. The minimum atomic E-state index is -0.138. The number of aromatic nitrogens is 2. The third kappa shape index (κ3) is 2.75. The monoisotopic (exact) mass is 276 g/mol. The van der Waals surface area contributed by atoms with Crippen LogP contribution in [0.3, 0.4) is 0 Å². The molecule has 2 aromatic rings. The lowest BCUT2D eigenvalue weighted by Gasteiger charge is -2.31. The van der Waals surface area contributed by atoms with Gasteiger partial charge in [-0.15, -0.1) is 0 Å². The highest BCUT2D eigenvalue weighted by atomic mass is 32.1. The number of rotatable bonds is 3. The fourth-order valence-electron chi connectivity index (χ4n) is 2.31. The number of hydrogen-bond donors (Lipinski definition) is 1. The fourth-order valence-corrected chi connectivity index (χ4v) is 2.45. The summed E-state index contributed by atoms with van der Waals surface area (Å²) in [6.45, 7) is 3.08. The van der Waals surface area contributed by atoms with Gasteiger partial charge in [0.2, 0.25) is 0 Å². The second-order valence-electron chi connectivity index (χ2n) is 4.70. The van der Waals surface area contributed by atoms with Crippen LogP contribution in [0.4, 0.5) is 0 Å². The Hall–Kier alpha value is -1.50. The van der Waals surface area contributed by atoms with Gasteiger partial charge in [-0.05, 0) is 12.1 Å². The number of morpholine rings is 1. The Bertz CT molecular complexity index is 564. The van der Waals surface area contributed by atoms with Crippen LogP contribution in [0, 0.1) is 0 Å². The zero-order valence-electron chi connectivity index (χ0n) is 10.5. The molecule has 1 fully saturated rings. The number of nitrogens with two attached hydrogens (primary N) is 1. The summed E-state index contributed by atoms with van der Waals surface area (Å²) >= 11 is 4.99. The molecule has 1 saturated heterocycles. The van der Waals surface area contributed by atoms with Gasteiger partial charge in [-0.2, -0.15) is 0 Å². The summed E-state index contributed by atoms with van der Waals surface area (Å²) in [5, 5.41) is 0. The predicted molar refractivity (Wildman–Crippen MR) is 77.0 cm³/mol. The molecule has 1 aliphatic rings. The van der Waals surface area contributed by atoms with E-state index in [0.29, 0.717) is 11.6 Å². The molecule has 0 aromatic carbocycles. The first-order chi connectivity index (χ1) is 9.22. The first kappa shape index (κ1) is 12.5. The first-order valence-corrected chi connectivity index (χ1v) is 6.69. The van der Waals surface area contributed by atoms with Crippen LogP contribution >= 0.6 is 12.2 Å². The van der Waals surface area contributed by atoms with Crippen LogP contribution in [-0.4, -0.2) is 45.1 Å². The molecule has 3 heterocycles. The van der Waals surface area contributed by atoms with E-state index in [9.17, 15) is 0 Å². The SMILES string of the molecule is NC(=S)C1CN(Cc2cn3ccccc3n2)CCO1. The van der Waals surface area contributed by atoms with Gasteiger partial charge < -0.3 is 14.9 Å². The number of thiocarbonyl (C=S) groups is 1. The van der Waals surface area contributed by atoms with Crippen molar-refractivity contribution in [3.63, 3.8) is 0 Å². The van der Waals surface area contributed by atoms with E-state index in [4.69, 9.17) is 22.7 Å². The lowest BCUT2D eigenvalue weighted by Crippen LogP contribution is -2.47. The lowest BCUT2D eigenvalue weighted by atomic mass is 10.2. The average molecular weight is 276 g/mol. The molecule has 100 valence electrons. The van der Waals surface area contributed by atoms with E-state index in [0.717, 1.165) is 31.0 Å². The van der Waals surface area contributed by atoms with Crippen molar-refractivity contribution in [2.75, 3.05) is 19.7 Å². The highest BCUT2D eigenvalue weighted by molar-refractivity contribution is 7.80. The summed E-state index contributed by atoms with van der Waals surface area (Å²) in [5.41, 5.74) is 7.66. The van der Waals surface area contributed by atoms with E-state index in [1.807, 2.05) is 28.8 Å². The number of ether oxygens (including phenoxy) is 1. The molecule has 2 N–H and O–H groups in total. The molecule has 0 bridgehead atoms. The number of pyridine rings is 1. The first-order valence-electron chi connectivity index (χ1n) is 6.28. The van der Waals surface area contributed by atoms with Crippen molar-refractivity contribution in [3.05, 3.63) is 36.3 Å². The molecule has 0 radical (unpaired) electrons. The van der Waals surface area contributed by atoms with Gasteiger partial charge in [0, 0.05) is 32.0 Å². The van der Waals surface area contributed by atoms with Gasteiger partial charge in [-0.3, -0.25) is 4.90 Å². The molecule has 3 rings (SSSR count). The Morgan fingerprint density at radius 3 is 3.21 bits per heavy atom. The van der Waals surface area contributed by atoms with Crippen molar-refractivity contribution >= 4 is 22.9 Å². The van der Waals surface area contributed by atoms with E-state index in [-0.39, 0.29) is 6.10 Å². The zero-order valence-corrected chi connectivity index (χ0v) is 11.3. The highest BCUT2D eigenvalue weighted by Gasteiger charge is 2.22. The maximum atomic E-state index is 5.64. The van der Waals surface area contributed by atoms with Crippen molar-refractivity contribution < 1.29 is 4.74 Å². The van der Waals surface area contributed by atoms with E-state index in [2.05, 4.69) is 16.1 Å². The van der Waals surface area contributed by atoms with Gasteiger partial charge in [0.25, 0.3) is 0 Å². The molecule has 0 amide bonds. The molecule has 19 heavy (non-hydrogen) atoms. The van der Waals surface area contributed by atoms with Crippen LogP contribution in [-0.2, 0) is 11.3 Å². The van der Waals surface area contributed by atoms with Crippen molar-refractivity contribution in [1.82, 2.24) is 14.3 Å². The van der Waals surface area contributed by atoms with Gasteiger partial charge in [0.15, 0.2) is 0 Å². The maximum Gasteiger partial charge on any atom is 0.137 e. The summed E-state index contributed by atoms with van der Waals surface area (Å²) in [6, 6.07) is 5.99. The summed E-state index contributed by atoms with van der Waals surface area (Å²) in [4.78, 5) is 7.30. The summed E-state index contributed by atoms with van der Waals surface area (Å²) in [7, 11) is 0. The Kier molecular flexibility index (Phi) is 3.46. The van der Waals surface area contributed by atoms with Gasteiger partial charge in [0.1, 0.15) is 16.7 Å². The molecule has 0 spiro atoms. The molecule has 2 aromatic heterocycles. The highest BCUT2D eigenvalue weighted by Crippen LogP contribution is 2.11. The molecule has 6 heteroatoms. The van der Waals surface area contributed by atoms with Crippen LogP contribution in [0.1, 0.15) is 5.69 Å². The molecule has 0 saturated carbocycles. The summed E-state index contributed by atoms with van der Waals surface area (Å²) < 4.78 is 7.56. The van der Waals surface area contributed by atoms with Gasteiger partial charge in [-0.25, -0.2) is 4.98 Å². The van der Waals surface area contributed by atoms with Crippen molar-refractivity contribution in [1.29, 1.82) is 0 Å². The van der Waals surface area contributed by atoms with Crippen LogP contribution in [0.5, 0.6) is 0 Å². The minimum Gasteiger partial charge on any atom is -0.391 e. The van der Waals surface area contributed by atoms with Crippen LogP contribution in [0.2, 0.25) is 0 Å². The standard InChI is InChI=1S/C13H16N4OS/c14-13(19)11-9-16(5-6-18-11)7-10-8-17-4-2-1-3-12(17)15-10/h1-4,8,11H,5-7,9H2,(H2,14,19). The number of fused-ring (bicyclic) bond motifs is 1. The zero-order chi connectivity index (χ0) is 13.2. The minimum absolute atomic E-state index is 0.138. The molecule has 1 aliphatic heterocycles. The molecule has 5 nitrogen and oxygen atoms in total. The van der Waals surface area contributed by atoms with Crippen molar-refractivity contribution in [2.24, 2.45) is 5.73 Å². The number of nitrogens with zero attached hydrogens (tertiary/aromatic N) is 3. The van der Waals surface area contributed by atoms with Crippen molar-refractivity contribution in [2.45, 2.75) is 12.6 Å². The molecule has 0 aliphatic carbocycles. The topological polar surface area (TPSA) is 55.8 Å². The van der Waals surface area contributed by atoms with Crippen molar-refractivity contribution in [3.8, 4) is 0 Å². The Morgan fingerprint density at radius 1 is 1.53 bits per heavy atom.